The van der Waals surface area contributed by atoms with Crippen molar-refractivity contribution >= 4 is 11.6 Å². The molecule has 0 spiro atoms. The molecule has 3 rings (SSSR count). The zero-order valence-corrected chi connectivity index (χ0v) is 14.9. The highest BCUT2D eigenvalue weighted by molar-refractivity contribution is 5.94. The maximum Gasteiger partial charge on any atom is 0.365 e. The van der Waals surface area contributed by atoms with Gasteiger partial charge in [0, 0.05) is 11.3 Å². The van der Waals surface area contributed by atoms with Crippen LogP contribution in [0.3, 0.4) is 0 Å². The first-order valence-electron chi connectivity index (χ1n) is 8.35. The molecule has 26 heavy (non-hydrogen) atoms. The van der Waals surface area contributed by atoms with Crippen molar-refractivity contribution in [1.82, 2.24) is 14.8 Å². The van der Waals surface area contributed by atoms with Gasteiger partial charge in [-0.05, 0) is 32.4 Å². The lowest BCUT2D eigenvalue weighted by Gasteiger charge is -2.15. The molecule has 0 radical (unpaired) electrons. The molecule has 2 aromatic carbocycles. The number of amides is 1. The van der Waals surface area contributed by atoms with Crippen LogP contribution in [0.4, 0.5) is 5.69 Å². The minimum absolute atomic E-state index is 0.321. The summed E-state index contributed by atoms with van der Waals surface area (Å²) in [7, 11) is 0. The van der Waals surface area contributed by atoms with Crippen molar-refractivity contribution in [3.05, 3.63) is 76.3 Å². The maximum absolute atomic E-state index is 12.5. The van der Waals surface area contributed by atoms with Gasteiger partial charge in [-0.25, -0.2) is 9.48 Å². The second kappa shape index (κ2) is 7.31. The second-order valence-electron chi connectivity index (χ2n) is 6.21. The molecule has 0 aliphatic rings. The topological polar surface area (TPSA) is 76.9 Å². The molecule has 0 bridgehead atoms. The third-order valence-corrected chi connectivity index (χ3v) is 4.21. The SMILES string of the molecule is Cc1ccc(-c2cnn(C(C)C(=O)Nc3ccccc3C)c(=O)n2)cc1. The Morgan fingerprint density at radius 2 is 1.77 bits per heavy atom. The number of carbonyl (C=O) groups excluding carboxylic acids is 1. The highest BCUT2D eigenvalue weighted by Crippen LogP contribution is 2.17. The number of aryl methyl sites for hydroxylation is 2. The number of carbonyl (C=O) groups is 1. The number of anilines is 1. The first kappa shape index (κ1) is 17.5. The van der Waals surface area contributed by atoms with Crippen LogP contribution in [-0.2, 0) is 4.79 Å². The van der Waals surface area contributed by atoms with Crippen LogP contribution < -0.4 is 11.0 Å². The number of hydrogen-bond donors (Lipinski definition) is 1. The van der Waals surface area contributed by atoms with Crippen molar-refractivity contribution < 1.29 is 4.79 Å². The Hall–Kier alpha value is -3.28. The summed E-state index contributed by atoms with van der Waals surface area (Å²) in [5.41, 5.74) is 3.51. The van der Waals surface area contributed by atoms with Crippen molar-refractivity contribution in [2.24, 2.45) is 0 Å². The Morgan fingerprint density at radius 1 is 1.08 bits per heavy atom. The highest BCUT2D eigenvalue weighted by Gasteiger charge is 2.19. The molecule has 1 atom stereocenters. The molecule has 3 aromatic rings. The third-order valence-electron chi connectivity index (χ3n) is 4.21. The van der Waals surface area contributed by atoms with E-state index in [0.717, 1.165) is 21.4 Å². The zero-order chi connectivity index (χ0) is 18.7. The zero-order valence-electron chi connectivity index (χ0n) is 14.9. The van der Waals surface area contributed by atoms with Gasteiger partial charge in [0.05, 0.1) is 11.9 Å². The number of para-hydroxylation sites is 1. The van der Waals surface area contributed by atoms with E-state index in [2.05, 4.69) is 15.4 Å². The van der Waals surface area contributed by atoms with E-state index in [1.165, 1.54) is 6.20 Å². The van der Waals surface area contributed by atoms with Crippen molar-refractivity contribution in [2.45, 2.75) is 26.8 Å². The number of hydrogen-bond acceptors (Lipinski definition) is 4. The van der Waals surface area contributed by atoms with Crippen LogP contribution in [0.1, 0.15) is 24.1 Å². The summed E-state index contributed by atoms with van der Waals surface area (Å²) >= 11 is 0. The van der Waals surface area contributed by atoms with Gasteiger partial charge in [0.25, 0.3) is 0 Å². The predicted molar refractivity (Wildman–Crippen MR) is 101 cm³/mol. The monoisotopic (exact) mass is 348 g/mol. The summed E-state index contributed by atoms with van der Waals surface area (Å²) in [5, 5.41) is 6.96. The van der Waals surface area contributed by atoms with Crippen molar-refractivity contribution in [2.75, 3.05) is 5.32 Å². The molecule has 1 heterocycles. The summed E-state index contributed by atoms with van der Waals surface area (Å²) in [5.74, 6) is -0.321. The lowest BCUT2D eigenvalue weighted by atomic mass is 10.1. The lowest BCUT2D eigenvalue weighted by Crippen LogP contribution is -2.35. The van der Waals surface area contributed by atoms with Gasteiger partial charge in [0.15, 0.2) is 0 Å². The molecule has 1 aromatic heterocycles. The van der Waals surface area contributed by atoms with Gasteiger partial charge in [0.2, 0.25) is 5.91 Å². The van der Waals surface area contributed by atoms with Crippen molar-refractivity contribution in [3.8, 4) is 11.3 Å². The van der Waals surface area contributed by atoms with Gasteiger partial charge in [-0.15, -0.1) is 0 Å². The molecule has 1 N–H and O–H groups in total. The molecule has 6 heteroatoms. The van der Waals surface area contributed by atoms with Gasteiger partial charge >= 0.3 is 5.69 Å². The summed E-state index contributed by atoms with van der Waals surface area (Å²) in [6, 6.07) is 14.3. The van der Waals surface area contributed by atoms with E-state index in [4.69, 9.17) is 0 Å². The molecule has 6 nitrogen and oxygen atoms in total. The fourth-order valence-corrected chi connectivity index (χ4v) is 2.54. The molecular formula is C20H20N4O2. The largest absolute Gasteiger partial charge is 0.365 e. The average Bonchev–Trinajstić information content (AvgIpc) is 2.63. The fraction of sp³-hybridized carbons (Fsp3) is 0.200. The van der Waals surface area contributed by atoms with E-state index < -0.39 is 11.7 Å². The summed E-state index contributed by atoms with van der Waals surface area (Å²) in [6.45, 7) is 5.51. The third kappa shape index (κ3) is 3.69. The minimum Gasteiger partial charge on any atom is -0.324 e. The number of nitrogens with one attached hydrogen (secondary N) is 1. The summed E-state index contributed by atoms with van der Waals surface area (Å²) in [6.07, 6.45) is 1.50. The van der Waals surface area contributed by atoms with Crippen LogP contribution in [0, 0.1) is 13.8 Å². The molecule has 1 amide bonds. The quantitative estimate of drug-likeness (QED) is 0.786. The van der Waals surface area contributed by atoms with Gasteiger partial charge < -0.3 is 5.32 Å². The Labute approximate surface area is 151 Å². The highest BCUT2D eigenvalue weighted by atomic mass is 16.2. The van der Waals surface area contributed by atoms with E-state index in [1.807, 2.05) is 62.4 Å². The van der Waals surface area contributed by atoms with Crippen molar-refractivity contribution in [1.29, 1.82) is 0 Å². The minimum atomic E-state index is -0.776. The molecule has 1 unspecified atom stereocenters. The smallest absolute Gasteiger partial charge is 0.324 e. The normalized spacial score (nSPS) is 11.8. The molecular weight excluding hydrogens is 328 g/mol. The maximum atomic E-state index is 12.5. The van der Waals surface area contributed by atoms with Crippen LogP contribution in [-0.4, -0.2) is 20.7 Å². The van der Waals surface area contributed by atoms with Crippen LogP contribution in [0.25, 0.3) is 11.3 Å². The van der Waals surface area contributed by atoms with E-state index in [-0.39, 0.29) is 5.91 Å². The van der Waals surface area contributed by atoms with Gasteiger partial charge in [-0.3, -0.25) is 4.79 Å². The van der Waals surface area contributed by atoms with Crippen LogP contribution in [0.2, 0.25) is 0 Å². The molecule has 0 aliphatic carbocycles. The van der Waals surface area contributed by atoms with Crippen LogP contribution in [0.5, 0.6) is 0 Å². The van der Waals surface area contributed by atoms with Crippen LogP contribution in [0.15, 0.2) is 59.5 Å². The second-order valence-corrected chi connectivity index (χ2v) is 6.21. The average molecular weight is 348 g/mol. The Bertz CT molecular complexity index is 993. The summed E-state index contributed by atoms with van der Waals surface area (Å²) in [4.78, 5) is 28.9. The standard InChI is InChI=1S/C20H20N4O2/c1-13-8-10-16(11-9-13)18-12-21-24(20(26)23-18)15(3)19(25)22-17-7-5-4-6-14(17)2/h4-12,15H,1-3H3,(H,22,25). The first-order chi connectivity index (χ1) is 12.5. The van der Waals surface area contributed by atoms with Gasteiger partial charge in [-0.1, -0.05) is 48.0 Å². The van der Waals surface area contributed by atoms with E-state index in [1.54, 1.807) is 6.92 Å². The van der Waals surface area contributed by atoms with E-state index in [9.17, 15) is 9.59 Å². The lowest BCUT2D eigenvalue weighted by molar-refractivity contribution is -0.119. The molecule has 0 saturated heterocycles. The molecule has 0 aliphatic heterocycles. The Morgan fingerprint density at radius 3 is 2.42 bits per heavy atom. The Balaban J connectivity index is 1.82. The first-order valence-corrected chi connectivity index (χ1v) is 8.35. The van der Waals surface area contributed by atoms with Gasteiger partial charge in [-0.2, -0.15) is 10.1 Å². The predicted octanol–water partition coefficient (Wildman–Crippen LogP) is 3.12. The Kier molecular flexibility index (Phi) is 4.93. The molecule has 0 saturated carbocycles. The summed E-state index contributed by atoms with van der Waals surface area (Å²) < 4.78 is 1.09. The number of aromatic nitrogens is 3. The van der Waals surface area contributed by atoms with Crippen molar-refractivity contribution in [3.63, 3.8) is 0 Å². The van der Waals surface area contributed by atoms with E-state index >= 15 is 0 Å². The molecule has 0 fully saturated rings. The number of benzene rings is 2. The van der Waals surface area contributed by atoms with Crippen LogP contribution >= 0.6 is 0 Å². The number of nitrogens with zero attached hydrogens (tertiary/aromatic N) is 3. The fourth-order valence-electron chi connectivity index (χ4n) is 2.54. The molecule has 132 valence electrons. The number of rotatable bonds is 4. The van der Waals surface area contributed by atoms with Gasteiger partial charge in [0.1, 0.15) is 6.04 Å². The van der Waals surface area contributed by atoms with E-state index in [0.29, 0.717) is 11.4 Å².